The van der Waals surface area contributed by atoms with Crippen LogP contribution in [0.5, 0.6) is 0 Å². The Bertz CT molecular complexity index is 337. The third-order valence-electron chi connectivity index (χ3n) is 2.25. The number of esters is 2. The average Bonchev–Trinajstić information content (AvgIpc) is 2.35. The van der Waals surface area contributed by atoms with E-state index in [1.807, 2.05) is 19.1 Å². The molecular weight excluding hydrogens is 277 g/mol. The van der Waals surface area contributed by atoms with Gasteiger partial charge in [0.15, 0.2) is 6.10 Å². The predicted octanol–water partition coefficient (Wildman–Crippen LogP) is 3.16. The summed E-state index contributed by atoms with van der Waals surface area (Å²) in [5, 5.41) is 0. The van der Waals surface area contributed by atoms with Crippen LogP contribution < -0.4 is 0 Å². The maximum absolute atomic E-state index is 12.1. The molecule has 0 aromatic heterocycles. The van der Waals surface area contributed by atoms with Crippen molar-refractivity contribution in [2.45, 2.75) is 51.8 Å². The number of halogens is 3. The van der Waals surface area contributed by atoms with Crippen LogP contribution in [0.3, 0.4) is 0 Å². The van der Waals surface area contributed by atoms with Crippen molar-refractivity contribution in [2.24, 2.45) is 0 Å². The van der Waals surface area contributed by atoms with Crippen molar-refractivity contribution in [3.63, 3.8) is 0 Å². The maximum atomic E-state index is 12.1. The van der Waals surface area contributed by atoms with E-state index < -0.39 is 30.6 Å². The molecule has 0 spiro atoms. The molecule has 0 aromatic carbocycles. The number of carbonyl (C=O) groups is 2. The van der Waals surface area contributed by atoms with Gasteiger partial charge in [-0.2, -0.15) is 13.2 Å². The molecule has 0 amide bonds. The van der Waals surface area contributed by atoms with Gasteiger partial charge < -0.3 is 9.47 Å². The minimum Gasteiger partial charge on any atom is -0.465 e. The fourth-order valence-electron chi connectivity index (χ4n) is 1.12. The maximum Gasteiger partial charge on any atom is 0.425 e. The number of carbonyl (C=O) groups excluding carboxylic acids is 2. The highest BCUT2D eigenvalue weighted by atomic mass is 19.4. The van der Waals surface area contributed by atoms with Gasteiger partial charge in [-0.3, -0.25) is 9.59 Å². The normalized spacial score (nSPS) is 13.2. The number of rotatable bonds is 8. The fraction of sp³-hybridized carbons (Fsp3) is 0.692. The first-order chi connectivity index (χ1) is 9.27. The lowest BCUT2D eigenvalue weighted by Gasteiger charge is -2.15. The molecule has 0 radical (unpaired) electrons. The van der Waals surface area contributed by atoms with Gasteiger partial charge in [-0.15, -0.1) is 0 Å². The summed E-state index contributed by atoms with van der Waals surface area (Å²) in [6.07, 6.45) is -2.26. The average molecular weight is 296 g/mol. The molecule has 1 atom stereocenters. The molecule has 0 bridgehead atoms. The number of ether oxygens (including phenoxy) is 2. The summed E-state index contributed by atoms with van der Waals surface area (Å²) >= 11 is 0. The van der Waals surface area contributed by atoms with Crippen LogP contribution in [0.25, 0.3) is 0 Å². The molecule has 0 aromatic rings. The number of hydrogen-bond donors (Lipinski definition) is 0. The van der Waals surface area contributed by atoms with Crippen LogP contribution in [0.15, 0.2) is 12.2 Å². The standard InChI is InChI=1S/C13H19F3O4/c1-3-4-5-6-9-19-11(17)7-8-12(18)20-10(2)13(14,15)16/h4-5,10H,3,6-9H2,1-2H3/b5-4+. The molecule has 0 aliphatic carbocycles. The Balaban J connectivity index is 3.79. The molecule has 116 valence electrons. The van der Waals surface area contributed by atoms with Gasteiger partial charge in [0.05, 0.1) is 19.4 Å². The van der Waals surface area contributed by atoms with Crippen LogP contribution in [0.2, 0.25) is 0 Å². The molecule has 0 aliphatic heterocycles. The van der Waals surface area contributed by atoms with E-state index in [0.717, 1.165) is 13.3 Å². The zero-order chi connectivity index (χ0) is 15.6. The Morgan fingerprint density at radius 2 is 1.75 bits per heavy atom. The second-order valence-corrected chi connectivity index (χ2v) is 4.06. The van der Waals surface area contributed by atoms with Gasteiger partial charge in [0.2, 0.25) is 0 Å². The first-order valence-electron chi connectivity index (χ1n) is 6.34. The molecule has 0 aliphatic rings. The summed E-state index contributed by atoms with van der Waals surface area (Å²) in [6, 6.07) is 0. The minimum atomic E-state index is -4.60. The molecule has 0 saturated heterocycles. The lowest BCUT2D eigenvalue weighted by atomic mass is 10.3. The van der Waals surface area contributed by atoms with Crippen molar-refractivity contribution < 1.29 is 32.2 Å². The van der Waals surface area contributed by atoms with Crippen molar-refractivity contribution in [1.29, 1.82) is 0 Å². The highest BCUT2D eigenvalue weighted by Crippen LogP contribution is 2.22. The monoisotopic (exact) mass is 296 g/mol. The molecule has 7 heteroatoms. The topological polar surface area (TPSA) is 52.6 Å². The van der Waals surface area contributed by atoms with Crippen molar-refractivity contribution in [3.05, 3.63) is 12.2 Å². The van der Waals surface area contributed by atoms with Crippen LogP contribution in [-0.2, 0) is 19.1 Å². The third kappa shape index (κ3) is 9.41. The Morgan fingerprint density at radius 3 is 2.30 bits per heavy atom. The number of allylic oxidation sites excluding steroid dienone is 1. The Morgan fingerprint density at radius 1 is 1.15 bits per heavy atom. The van der Waals surface area contributed by atoms with Crippen LogP contribution in [-0.4, -0.2) is 30.8 Å². The highest BCUT2D eigenvalue weighted by Gasteiger charge is 2.39. The van der Waals surface area contributed by atoms with Crippen molar-refractivity contribution in [2.75, 3.05) is 6.61 Å². The van der Waals surface area contributed by atoms with Gasteiger partial charge in [-0.1, -0.05) is 19.1 Å². The zero-order valence-corrected chi connectivity index (χ0v) is 11.5. The lowest BCUT2D eigenvalue weighted by molar-refractivity contribution is -0.216. The number of hydrogen-bond acceptors (Lipinski definition) is 4. The van der Waals surface area contributed by atoms with Gasteiger partial charge in [0, 0.05) is 0 Å². The molecule has 0 N–H and O–H groups in total. The predicted molar refractivity (Wildman–Crippen MR) is 65.9 cm³/mol. The Hall–Kier alpha value is -1.53. The van der Waals surface area contributed by atoms with Gasteiger partial charge in [-0.25, -0.2) is 0 Å². The molecule has 0 heterocycles. The SMILES string of the molecule is CC/C=C/CCOC(=O)CCC(=O)OC(C)C(F)(F)F. The van der Waals surface area contributed by atoms with E-state index in [-0.39, 0.29) is 13.0 Å². The second kappa shape index (κ2) is 9.39. The lowest BCUT2D eigenvalue weighted by Crippen LogP contribution is -2.31. The molecule has 20 heavy (non-hydrogen) atoms. The van der Waals surface area contributed by atoms with Crippen molar-refractivity contribution in [3.8, 4) is 0 Å². The van der Waals surface area contributed by atoms with Gasteiger partial charge in [0.25, 0.3) is 0 Å². The van der Waals surface area contributed by atoms with Crippen LogP contribution in [0.1, 0.15) is 39.5 Å². The van der Waals surface area contributed by atoms with Crippen LogP contribution in [0, 0.1) is 0 Å². The first kappa shape index (κ1) is 18.5. The summed E-state index contributed by atoms with van der Waals surface area (Å²) < 4.78 is 45.2. The zero-order valence-electron chi connectivity index (χ0n) is 11.5. The van der Waals surface area contributed by atoms with E-state index in [1.54, 1.807) is 0 Å². The van der Waals surface area contributed by atoms with Crippen LogP contribution in [0.4, 0.5) is 13.2 Å². The Labute approximate surface area is 115 Å². The van der Waals surface area contributed by atoms with E-state index in [0.29, 0.717) is 6.42 Å². The largest absolute Gasteiger partial charge is 0.465 e. The molecule has 1 unspecified atom stereocenters. The molecule has 0 rings (SSSR count). The fourth-order valence-corrected chi connectivity index (χ4v) is 1.12. The van der Waals surface area contributed by atoms with Crippen LogP contribution >= 0.6 is 0 Å². The Kier molecular flexibility index (Phi) is 8.67. The minimum absolute atomic E-state index is 0.184. The van der Waals surface area contributed by atoms with Crippen molar-refractivity contribution >= 4 is 11.9 Å². The van der Waals surface area contributed by atoms with E-state index >= 15 is 0 Å². The quantitative estimate of drug-likeness (QED) is 0.392. The second-order valence-electron chi connectivity index (χ2n) is 4.06. The molecular formula is C13H19F3O4. The summed E-state index contributed by atoms with van der Waals surface area (Å²) in [4.78, 5) is 22.3. The van der Waals surface area contributed by atoms with E-state index in [2.05, 4.69) is 4.74 Å². The third-order valence-corrected chi connectivity index (χ3v) is 2.25. The summed E-state index contributed by atoms with van der Waals surface area (Å²) in [5.74, 6) is -1.70. The van der Waals surface area contributed by atoms with E-state index in [9.17, 15) is 22.8 Å². The summed E-state index contributed by atoms with van der Waals surface area (Å²) in [6.45, 7) is 2.88. The van der Waals surface area contributed by atoms with Gasteiger partial charge in [-0.05, 0) is 19.8 Å². The molecule has 4 nitrogen and oxygen atoms in total. The van der Waals surface area contributed by atoms with Gasteiger partial charge in [0.1, 0.15) is 0 Å². The summed E-state index contributed by atoms with van der Waals surface area (Å²) in [7, 11) is 0. The number of alkyl halides is 3. The highest BCUT2D eigenvalue weighted by molar-refractivity contribution is 5.77. The molecule has 0 fully saturated rings. The summed E-state index contributed by atoms with van der Waals surface area (Å²) in [5.41, 5.74) is 0. The molecule has 0 saturated carbocycles. The van der Waals surface area contributed by atoms with E-state index in [4.69, 9.17) is 4.74 Å². The van der Waals surface area contributed by atoms with E-state index in [1.165, 1.54) is 0 Å². The van der Waals surface area contributed by atoms with Crippen molar-refractivity contribution in [1.82, 2.24) is 0 Å². The first-order valence-corrected chi connectivity index (χ1v) is 6.34. The smallest absolute Gasteiger partial charge is 0.425 e. The van der Waals surface area contributed by atoms with Gasteiger partial charge >= 0.3 is 18.1 Å².